The SMILES string of the molecule is COc1cccc(CNC(=O)CCNC(=O)C2CCCCC2)c1OC1CCCC1. The molecule has 0 radical (unpaired) electrons. The van der Waals surface area contributed by atoms with Gasteiger partial charge in [0.15, 0.2) is 11.5 Å². The van der Waals surface area contributed by atoms with Crippen molar-refractivity contribution in [3.8, 4) is 11.5 Å². The van der Waals surface area contributed by atoms with Crippen molar-refractivity contribution in [1.82, 2.24) is 10.6 Å². The summed E-state index contributed by atoms with van der Waals surface area (Å²) in [6.07, 6.45) is 10.4. The van der Waals surface area contributed by atoms with Crippen LogP contribution in [0, 0.1) is 5.92 Å². The first-order chi connectivity index (χ1) is 14.2. The average molecular weight is 403 g/mol. The molecular weight excluding hydrogens is 368 g/mol. The van der Waals surface area contributed by atoms with Crippen LogP contribution in [0.4, 0.5) is 0 Å². The van der Waals surface area contributed by atoms with E-state index in [1.807, 2.05) is 18.2 Å². The molecule has 3 rings (SSSR count). The Bertz CT molecular complexity index is 679. The van der Waals surface area contributed by atoms with E-state index >= 15 is 0 Å². The highest BCUT2D eigenvalue weighted by Gasteiger charge is 2.22. The molecule has 160 valence electrons. The first-order valence-electron chi connectivity index (χ1n) is 11.0. The molecule has 0 bridgehead atoms. The molecule has 1 aromatic carbocycles. The summed E-state index contributed by atoms with van der Waals surface area (Å²) in [5.74, 6) is 1.57. The topological polar surface area (TPSA) is 76.7 Å². The molecule has 0 unspecified atom stereocenters. The van der Waals surface area contributed by atoms with Crippen LogP contribution in [0.15, 0.2) is 18.2 Å². The van der Waals surface area contributed by atoms with Crippen molar-refractivity contribution < 1.29 is 19.1 Å². The monoisotopic (exact) mass is 402 g/mol. The van der Waals surface area contributed by atoms with Crippen LogP contribution >= 0.6 is 0 Å². The van der Waals surface area contributed by atoms with Gasteiger partial charge in [0.2, 0.25) is 11.8 Å². The Kier molecular flexibility index (Phi) is 8.20. The minimum Gasteiger partial charge on any atom is -0.493 e. The van der Waals surface area contributed by atoms with E-state index in [0.717, 1.165) is 49.8 Å². The number of hydrogen-bond donors (Lipinski definition) is 2. The molecule has 2 fully saturated rings. The Morgan fingerprint density at radius 2 is 1.72 bits per heavy atom. The molecule has 6 nitrogen and oxygen atoms in total. The predicted octanol–water partition coefficient (Wildman–Crippen LogP) is 3.72. The Hall–Kier alpha value is -2.24. The third-order valence-electron chi connectivity index (χ3n) is 5.97. The molecule has 2 amide bonds. The molecule has 29 heavy (non-hydrogen) atoms. The molecule has 2 N–H and O–H groups in total. The standard InChI is InChI=1S/C23H34N2O4/c1-28-20-13-7-10-18(22(20)29-19-11-5-6-12-19)16-25-21(26)14-15-24-23(27)17-8-3-2-4-9-17/h7,10,13,17,19H,2-6,8-9,11-12,14-16H2,1H3,(H,24,27)(H,25,26). The summed E-state index contributed by atoms with van der Waals surface area (Å²) in [6.45, 7) is 0.763. The van der Waals surface area contributed by atoms with E-state index in [2.05, 4.69) is 10.6 Å². The number of para-hydroxylation sites is 1. The number of nitrogens with one attached hydrogen (secondary N) is 2. The van der Waals surface area contributed by atoms with Crippen LogP contribution in [0.1, 0.15) is 69.8 Å². The largest absolute Gasteiger partial charge is 0.493 e. The minimum absolute atomic E-state index is 0.0800. The number of carbonyl (C=O) groups is 2. The maximum Gasteiger partial charge on any atom is 0.223 e. The minimum atomic E-state index is -0.0800. The first kappa shape index (κ1) is 21.5. The normalized spacial score (nSPS) is 17.7. The van der Waals surface area contributed by atoms with Crippen LogP contribution in [-0.4, -0.2) is 31.6 Å². The molecule has 0 aliphatic heterocycles. The summed E-state index contributed by atoms with van der Waals surface area (Å²) in [6, 6.07) is 5.75. The van der Waals surface area contributed by atoms with Crippen LogP contribution in [0.25, 0.3) is 0 Å². The number of hydrogen-bond acceptors (Lipinski definition) is 4. The van der Waals surface area contributed by atoms with Crippen LogP contribution in [0.5, 0.6) is 11.5 Å². The second-order valence-corrected chi connectivity index (χ2v) is 8.13. The van der Waals surface area contributed by atoms with Crippen LogP contribution in [-0.2, 0) is 16.1 Å². The molecule has 0 heterocycles. The van der Waals surface area contributed by atoms with Gasteiger partial charge >= 0.3 is 0 Å². The van der Waals surface area contributed by atoms with E-state index in [-0.39, 0.29) is 30.3 Å². The van der Waals surface area contributed by atoms with E-state index in [1.54, 1.807) is 7.11 Å². The Balaban J connectivity index is 1.46. The third kappa shape index (κ3) is 6.38. The number of methoxy groups -OCH3 is 1. The van der Waals surface area contributed by atoms with Gasteiger partial charge in [0.05, 0.1) is 13.2 Å². The van der Waals surface area contributed by atoms with Gasteiger partial charge in [-0.2, -0.15) is 0 Å². The van der Waals surface area contributed by atoms with Gasteiger partial charge in [0.1, 0.15) is 0 Å². The van der Waals surface area contributed by atoms with Crippen LogP contribution in [0.2, 0.25) is 0 Å². The van der Waals surface area contributed by atoms with E-state index in [1.165, 1.54) is 19.3 Å². The molecule has 0 spiro atoms. The number of rotatable bonds is 9. The average Bonchev–Trinajstić information content (AvgIpc) is 3.26. The molecule has 2 aliphatic carbocycles. The lowest BCUT2D eigenvalue weighted by atomic mass is 9.89. The lowest BCUT2D eigenvalue weighted by Crippen LogP contribution is -2.35. The zero-order chi connectivity index (χ0) is 20.5. The fourth-order valence-electron chi connectivity index (χ4n) is 4.26. The van der Waals surface area contributed by atoms with Gasteiger partial charge in [-0.1, -0.05) is 31.4 Å². The number of benzene rings is 1. The van der Waals surface area contributed by atoms with Crippen molar-refractivity contribution in [2.24, 2.45) is 5.92 Å². The molecule has 2 saturated carbocycles. The maximum atomic E-state index is 12.2. The Morgan fingerprint density at radius 3 is 2.45 bits per heavy atom. The third-order valence-corrected chi connectivity index (χ3v) is 5.97. The van der Waals surface area contributed by atoms with Crippen molar-refractivity contribution in [3.05, 3.63) is 23.8 Å². The van der Waals surface area contributed by atoms with Gasteiger partial charge < -0.3 is 20.1 Å². The van der Waals surface area contributed by atoms with Crippen molar-refractivity contribution in [2.75, 3.05) is 13.7 Å². The van der Waals surface area contributed by atoms with Crippen LogP contribution < -0.4 is 20.1 Å². The molecular formula is C23H34N2O4. The Morgan fingerprint density at radius 1 is 1.00 bits per heavy atom. The zero-order valence-corrected chi connectivity index (χ0v) is 17.5. The molecule has 0 aromatic heterocycles. The molecule has 1 aromatic rings. The van der Waals surface area contributed by atoms with Gasteiger partial charge in [0, 0.05) is 31.0 Å². The van der Waals surface area contributed by atoms with Crippen molar-refractivity contribution in [1.29, 1.82) is 0 Å². The zero-order valence-electron chi connectivity index (χ0n) is 17.5. The smallest absolute Gasteiger partial charge is 0.223 e. The van der Waals surface area contributed by atoms with Gasteiger partial charge in [0.25, 0.3) is 0 Å². The summed E-state index contributed by atoms with van der Waals surface area (Å²) in [5.41, 5.74) is 0.913. The highest BCUT2D eigenvalue weighted by molar-refractivity contribution is 5.80. The number of carbonyl (C=O) groups excluding carboxylic acids is 2. The summed E-state index contributed by atoms with van der Waals surface area (Å²) >= 11 is 0. The summed E-state index contributed by atoms with van der Waals surface area (Å²) in [4.78, 5) is 24.4. The molecule has 2 aliphatic rings. The fraction of sp³-hybridized carbons (Fsp3) is 0.652. The summed E-state index contributed by atoms with van der Waals surface area (Å²) in [5, 5.41) is 5.86. The molecule has 0 saturated heterocycles. The van der Waals surface area contributed by atoms with Crippen LogP contribution in [0.3, 0.4) is 0 Å². The van der Waals surface area contributed by atoms with Gasteiger partial charge in [-0.05, 0) is 44.6 Å². The highest BCUT2D eigenvalue weighted by Crippen LogP contribution is 2.34. The van der Waals surface area contributed by atoms with Gasteiger partial charge in [-0.15, -0.1) is 0 Å². The van der Waals surface area contributed by atoms with E-state index in [4.69, 9.17) is 9.47 Å². The van der Waals surface area contributed by atoms with Crippen molar-refractivity contribution in [3.63, 3.8) is 0 Å². The number of amides is 2. The maximum absolute atomic E-state index is 12.2. The lowest BCUT2D eigenvalue weighted by Gasteiger charge is -2.20. The number of ether oxygens (including phenoxy) is 2. The second kappa shape index (κ2) is 11.1. The molecule has 6 heteroatoms. The second-order valence-electron chi connectivity index (χ2n) is 8.13. The van der Waals surface area contributed by atoms with Gasteiger partial charge in [-0.3, -0.25) is 9.59 Å². The molecule has 0 atom stereocenters. The highest BCUT2D eigenvalue weighted by atomic mass is 16.5. The fourth-order valence-corrected chi connectivity index (χ4v) is 4.26. The van der Waals surface area contributed by atoms with Crippen molar-refractivity contribution >= 4 is 11.8 Å². The quantitative estimate of drug-likeness (QED) is 0.660. The predicted molar refractivity (Wildman–Crippen MR) is 112 cm³/mol. The van der Waals surface area contributed by atoms with Gasteiger partial charge in [-0.25, -0.2) is 0 Å². The summed E-state index contributed by atoms with van der Waals surface area (Å²) in [7, 11) is 1.63. The Labute approximate surface area is 173 Å². The van der Waals surface area contributed by atoms with E-state index in [9.17, 15) is 9.59 Å². The first-order valence-corrected chi connectivity index (χ1v) is 11.0. The lowest BCUT2D eigenvalue weighted by molar-refractivity contribution is -0.126. The summed E-state index contributed by atoms with van der Waals surface area (Å²) < 4.78 is 11.7. The van der Waals surface area contributed by atoms with E-state index < -0.39 is 0 Å². The van der Waals surface area contributed by atoms with Crippen molar-refractivity contribution in [2.45, 2.75) is 76.9 Å². The van der Waals surface area contributed by atoms with E-state index in [0.29, 0.717) is 18.8 Å².